The number of nitrogens with zero attached hydrogens (tertiary/aromatic N) is 3. The Morgan fingerprint density at radius 2 is 1.39 bits per heavy atom. The predicted molar refractivity (Wildman–Crippen MR) is 213 cm³/mol. The SMILES string of the molecule is [2H]C([2H])([2H])c1nc2oc3c(-c4n(-c5c(C(C)C)cc(-c6ccccc6)cc5C(C)C)c5ccccc5[n+]4C)c(C)ccc3c2c2ccc3ccccc3c12. The number of fused-ring (bicyclic) bond motifs is 8. The minimum atomic E-state index is -2.44. The van der Waals surface area contributed by atoms with Gasteiger partial charge in [-0.15, -0.1) is 0 Å². The summed E-state index contributed by atoms with van der Waals surface area (Å²) < 4.78 is 37.3. The van der Waals surface area contributed by atoms with Crippen LogP contribution in [0.15, 0.2) is 120 Å². The van der Waals surface area contributed by atoms with Crippen LogP contribution in [0.1, 0.15) is 66.0 Å². The highest BCUT2D eigenvalue weighted by molar-refractivity contribution is 6.24. The molecule has 0 aliphatic rings. The van der Waals surface area contributed by atoms with Crippen molar-refractivity contribution >= 4 is 54.6 Å². The van der Waals surface area contributed by atoms with Gasteiger partial charge in [-0.3, -0.25) is 0 Å². The summed E-state index contributed by atoms with van der Waals surface area (Å²) in [6, 6.07) is 40.2. The molecule has 9 aromatic rings. The Balaban J connectivity index is 1.43. The average molecular weight is 668 g/mol. The van der Waals surface area contributed by atoms with E-state index in [4.69, 9.17) is 13.5 Å². The first-order valence-corrected chi connectivity index (χ1v) is 17.8. The summed E-state index contributed by atoms with van der Waals surface area (Å²) in [5, 5.41) is 5.03. The fourth-order valence-corrected chi connectivity index (χ4v) is 8.19. The third-order valence-electron chi connectivity index (χ3n) is 10.7. The van der Waals surface area contributed by atoms with E-state index in [0.29, 0.717) is 16.7 Å². The maximum absolute atomic E-state index is 8.57. The highest BCUT2D eigenvalue weighted by Gasteiger charge is 2.34. The fraction of sp³-hybridized carbons (Fsp3) is 0.191. The van der Waals surface area contributed by atoms with Gasteiger partial charge < -0.3 is 4.42 Å². The molecule has 0 fully saturated rings. The normalized spacial score (nSPS) is 13.3. The molecule has 4 nitrogen and oxygen atoms in total. The van der Waals surface area contributed by atoms with Gasteiger partial charge in [0.25, 0.3) is 5.82 Å². The van der Waals surface area contributed by atoms with Crippen LogP contribution in [0.4, 0.5) is 0 Å². The highest BCUT2D eigenvalue weighted by Crippen LogP contribution is 2.44. The van der Waals surface area contributed by atoms with E-state index in [-0.39, 0.29) is 17.5 Å². The highest BCUT2D eigenvalue weighted by atomic mass is 16.3. The van der Waals surface area contributed by atoms with Crippen LogP contribution in [-0.2, 0) is 7.05 Å². The Morgan fingerprint density at radius 3 is 2.14 bits per heavy atom. The minimum absolute atomic E-state index is 0.0560. The van der Waals surface area contributed by atoms with Crippen molar-refractivity contribution in [3.63, 3.8) is 0 Å². The Morgan fingerprint density at radius 1 is 0.706 bits per heavy atom. The van der Waals surface area contributed by atoms with Crippen molar-refractivity contribution in [3.05, 3.63) is 138 Å². The number of imidazole rings is 1. The van der Waals surface area contributed by atoms with Crippen molar-refractivity contribution in [1.82, 2.24) is 9.55 Å². The molecular formula is C47H42N3O+. The van der Waals surface area contributed by atoms with E-state index in [2.05, 4.69) is 136 Å². The molecule has 0 amide bonds. The number of para-hydroxylation sites is 2. The number of pyridine rings is 1. The van der Waals surface area contributed by atoms with Crippen LogP contribution in [-0.4, -0.2) is 9.55 Å². The molecule has 0 N–H and O–H groups in total. The topological polar surface area (TPSA) is 34.8 Å². The monoisotopic (exact) mass is 667 g/mol. The van der Waals surface area contributed by atoms with Crippen LogP contribution in [0.3, 0.4) is 0 Å². The van der Waals surface area contributed by atoms with E-state index in [1.807, 2.05) is 30.3 Å². The van der Waals surface area contributed by atoms with Crippen LogP contribution < -0.4 is 4.57 Å². The van der Waals surface area contributed by atoms with Crippen LogP contribution in [0.2, 0.25) is 0 Å². The third kappa shape index (κ3) is 4.66. The van der Waals surface area contributed by atoms with Gasteiger partial charge in [-0.2, -0.15) is 4.57 Å². The Hall–Kier alpha value is -5.74. The molecule has 0 aliphatic carbocycles. The van der Waals surface area contributed by atoms with Gasteiger partial charge in [0.05, 0.1) is 12.4 Å². The second-order valence-corrected chi connectivity index (χ2v) is 14.5. The molecule has 6 aromatic carbocycles. The molecule has 250 valence electrons. The van der Waals surface area contributed by atoms with Crippen molar-refractivity contribution in [1.29, 1.82) is 0 Å². The van der Waals surface area contributed by atoms with Gasteiger partial charge >= 0.3 is 0 Å². The maximum atomic E-state index is 8.57. The molecule has 0 radical (unpaired) electrons. The Bertz CT molecular complexity index is 2920. The van der Waals surface area contributed by atoms with E-state index in [1.165, 1.54) is 27.9 Å². The molecule has 0 bridgehead atoms. The lowest BCUT2D eigenvalue weighted by Gasteiger charge is -2.21. The molecule has 0 atom stereocenters. The molecule has 0 spiro atoms. The number of hydrogen-bond donors (Lipinski definition) is 0. The molecule has 0 unspecified atom stereocenters. The Kier molecular flexibility index (Phi) is 6.41. The maximum Gasteiger partial charge on any atom is 0.299 e. The standard InChI is InChI=1S/C47H42N3O/c1-27(2)37-25-33(31-15-9-8-10-16-31)26-38(28(3)4)44(37)50-40-20-14-13-19-39(40)49(7)47(50)41-29(5)21-23-36-43-35-24-22-32-17-11-12-18-34(32)42(35)30(6)48-46(43)51-45(36)41/h8-28H,1-7H3/q+1/i6D3. The minimum Gasteiger partial charge on any atom is -0.437 e. The van der Waals surface area contributed by atoms with Crippen LogP contribution in [0.25, 0.3) is 82.8 Å². The van der Waals surface area contributed by atoms with E-state index < -0.39 is 6.85 Å². The van der Waals surface area contributed by atoms with Gasteiger partial charge in [0, 0.05) is 31.7 Å². The molecule has 0 saturated heterocycles. The molecule has 0 saturated carbocycles. The second kappa shape index (κ2) is 11.7. The van der Waals surface area contributed by atoms with Gasteiger partial charge in [0.1, 0.15) is 11.3 Å². The number of benzene rings is 6. The van der Waals surface area contributed by atoms with Crippen molar-refractivity contribution in [2.24, 2.45) is 7.05 Å². The van der Waals surface area contributed by atoms with Crippen molar-refractivity contribution in [2.45, 2.75) is 53.3 Å². The van der Waals surface area contributed by atoms with Gasteiger partial charge in [-0.05, 0) is 82.7 Å². The van der Waals surface area contributed by atoms with Crippen LogP contribution in [0.5, 0.6) is 0 Å². The largest absolute Gasteiger partial charge is 0.437 e. The summed E-state index contributed by atoms with van der Waals surface area (Å²) in [6.45, 7) is 8.78. The average Bonchev–Trinajstić information content (AvgIpc) is 3.68. The van der Waals surface area contributed by atoms with Gasteiger partial charge in [-0.25, -0.2) is 9.55 Å². The molecular weight excluding hydrogens is 623 g/mol. The first kappa shape index (κ1) is 28.0. The lowest BCUT2D eigenvalue weighted by molar-refractivity contribution is -0.633. The van der Waals surface area contributed by atoms with E-state index >= 15 is 0 Å². The summed E-state index contributed by atoms with van der Waals surface area (Å²) in [4.78, 5) is 4.84. The van der Waals surface area contributed by atoms with Crippen molar-refractivity contribution < 1.29 is 13.1 Å². The predicted octanol–water partition coefficient (Wildman–Crippen LogP) is 12.3. The quantitative estimate of drug-likeness (QED) is 0.135. The summed E-state index contributed by atoms with van der Waals surface area (Å²) in [7, 11) is 2.13. The van der Waals surface area contributed by atoms with Gasteiger partial charge in [0.2, 0.25) is 5.71 Å². The van der Waals surface area contributed by atoms with Gasteiger partial charge in [0.15, 0.2) is 16.6 Å². The molecule has 3 aromatic heterocycles. The first-order valence-electron chi connectivity index (χ1n) is 19.3. The van der Waals surface area contributed by atoms with Crippen LogP contribution in [0, 0.1) is 13.8 Å². The smallest absolute Gasteiger partial charge is 0.299 e. The zero-order chi connectivity index (χ0) is 37.6. The fourth-order valence-electron chi connectivity index (χ4n) is 8.19. The van der Waals surface area contributed by atoms with Crippen molar-refractivity contribution in [3.8, 4) is 28.2 Å². The molecule has 3 heterocycles. The number of aryl methyl sites for hydroxylation is 3. The summed E-state index contributed by atoms with van der Waals surface area (Å²) in [6.07, 6.45) is 0. The third-order valence-corrected chi connectivity index (χ3v) is 10.7. The number of rotatable bonds is 5. The lowest BCUT2D eigenvalue weighted by Crippen LogP contribution is -2.30. The van der Waals surface area contributed by atoms with E-state index in [1.54, 1.807) is 0 Å². The number of furan rings is 1. The lowest BCUT2D eigenvalue weighted by atomic mass is 9.88. The zero-order valence-corrected chi connectivity index (χ0v) is 29.9. The van der Waals surface area contributed by atoms with Crippen molar-refractivity contribution in [2.75, 3.05) is 0 Å². The van der Waals surface area contributed by atoms with E-state index in [0.717, 1.165) is 54.9 Å². The molecule has 51 heavy (non-hydrogen) atoms. The summed E-state index contributed by atoms with van der Waals surface area (Å²) in [5.74, 6) is 1.44. The Labute approximate surface area is 302 Å². The second-order valence-electron chi connectivity index (χ2n) is 14.5. The number of hydrogen-bond acceptors (Lipinski definition) is 2. The van der Waals surface area contributed by atoms with E-state index in [9.17, 15) is 0 Å². The zero-order valence-electron chi connectivity index (χ0n) is 32.9. The summed E-state index contributed by atoms with van der Waals surface area (Å²) in [5.41, 5.74) is 11.4. The number of aromatic nitrogens is 3. The van der Waals surface area contributed by atoms with Crippen LogP contribution >= 0.6 is 0 Å². The summed E-state index contributed by atoms with van der Waals surface area (Å²) >= 11 is 0. The van der Waals surface area contributed by atoms with Gasteiger partial charge in [-0.1, -0.05) is 119 Å². The molecule has 0 aliphatic heterocycles. The first-order chi connectivity index (χ1) is 25.9. The molecule has 4 heteroatoms. The molecule has 9 rings (SSSR count).